The summed E-state index contributed by atoms with van der Waals surface area (Å²) in [5.74, 6) is 0.554. The van der Waals surface area contributed by atoms with Gasteiger partial charge in [0.25, 0.3) is 0 Å². The average molecular weight is 156 g/mol. The first-order valence-corrected chi connectivity index (χ1v) is 3.07. The number of urea groups is 1. The van der Waals surface area contributed by atoms with Crippen LogP contribution in [-0.2, 0) is 6.42 Å². The molecule has 1 aromatic heterocycles. The number of aromatic nitrogens is 2. The van der Waals surface area contributed by atoms with Gasteiger partial charge in [0.1, 0.15) is 0 Å². The molecule has 1 aromatic rings. The molecule has 6 nitrogen and oxygen atoms in total. The number of carbonyl (C=O) groups is 1. The summed E-state index contributed by atoms with van der Waals surface area (Å²) in [6, 6.07) is -0.548. The highest BCUT2D eigenvalue weighted by Gasteiger charge is 1.97. The lowest BCUT2D eigenvalue weighted by Gasteiger charge is -1.95. The third kappa shape index (κ3) is 2.65. The van der Waals surface area contributed by atoms with E-state index >= 15 is 0 Å². The van der Waals surface area contributed by atoms with Crippen LogP contribution >= 0.6 is 0 Å². The van der Waals surface area contributed by atoms with Crippen molar-refractivity contribution in [3.8, 4) is 0 Å². The van der Waals surface area contributed by atoms with Crippen molar-refractivity contribution < 1.29 is 9.32 Å². The van der Waals surface area contributed by atoms with E-state index in [9.17, 15) is 4.79 Å². The van der Waals surface area contributed by atoms with E-state index in [2.05, 4.69) is 20.0 Å². The van der Waals surface area contributed by atoms with Gasteiger partial charge < -0.3 is 15.6 Å². The smallest absolute Gasteiger partial charge is 0.312 e. The number of nitrogens with zero attached hydrogens (tertiary/aromatic N) is 2. The largest absolute Gasteiger partial charge is 0.352 e. The summed E-state index contributed by atoms with van der Waals surface area (Å²) < 4.78 is 4.47. The Morgan fingerprint density at radius 1 is 1.82 bits per heavy atom. The predicted octanol–water partition coefficient (Wildman–Crippen LogP) is -0.720. The Bertz CT molecular complexity index is 220. The van der Waals surface area contributed by atoms with Crippen LogP contribution < -0.4 is 11.1 Å². The number of hydrogen-bond donors (Lipinski definition) is 2. The monoisotopic (exact) mass is 156 g/mol. The molecule has 11 heavy (non-hydrogen) atoms. The molecule has 0 aromatic carbocycles. The summed E-state index contributed by atoms with van der Waals surface area (Å²) in [6.45, 7) is 0.425. The highest BCUT2D eigenvalue weighted by molar-refractivity contribution is 5.71. The first-order chi connectivity index (χ1) is 5.29. The number of nitrogens with one attached hydrogen (secondary N) is 1. The van der Waals surface area contributed by atoms with Crippen LogP contribution in [0.3, 0.4) is 0 Å². The molecule has 0 bridgehead atoms. The zero-order valence-corrected chi connectivity index (χ0v) is 5.78. The summed E-state index contributed by atoms with van der Waals surface area (Å²) in [5.41, 5.74) is 4.82. The summed E-state index contributed by atoms with van der Waals surface area (Å²) in [5, 5.41) is 5.94. The minimum Gasteiger partial charge on any atom is -0.352 e. The van der Waals surface area contributed by atoms with Crippen LogP contribution in [0.5, 0.6) is 0 Å². The van der Waals surface area contributed by atoms with Crippen LogP contribution in [0.4, 0.5) is 4.79 Å². The molecular weight excluding hydrogens is 148 g/mol. The van der Waals surface area contributed by atoms with E-state index in [1.54, 1.807) is 0 Å². The molecule has 2 amide bonds. The van der Waals surface area contributed by atoms with Gasteiger partial charge in [-0.15, -0.1) is 0 Å². The van der Waals surface area contributed by atoms with E-state index in [4.69, 9.17) is 5.73 Å². The van der Waals surface area contributed by atoms with Crippen molar-refractivity contribution in [2.75, 3.05) is 6.54 Å². The summed E-state index contributed by atoms with van der Waals surface area (Å²) in [6.07, 6.45) is 1.76. The van der Waals surface area contributed by atoms with E-state index in [0.717, 1.165) is 0 Å². The van der Waals surface area contributed by atoms with Crippen LogP contribution in [0.25, 0.3) is 0 Å². The predicted molar refractivity (Wildman–Crippen MR) is 35.6 cm³/mol. The van der Waals surface area contributed by atoms with Gasteiger partial charge in [-0.2, -0.15) is 4.98 Å². The van der Waals surface area contributed by atoms with Crippen LogP contribution in [-0.4, -0.2) is 22.7 Å². The summed E-state index contributed by atoms with van der Waals surface area (Å²) in [4.78, 5) is 13.9. The average Bonchev–Trinajstić information content (AvgIpc) is 2.39. The Morgan fingerprint density at radius 2 is 2.64 bits per heavy atom. The molecule has 0 fully saturated rings. The molecule has 0 unspecified atom stereocenters. The van der Waals surface area contributed by atoms with Crippen LogP contribution in [0.2, 0.25) is 0 Å². The van der Waals surface area contributed by atoms with Crippen molar-refractivity contribution in [3.05, 3.63) is 12.2 Å². The van der Waals surface area contributed by atoms with Gasteiger partial charge in [-0.1, -0.05) is 5.16 Å². The maximum absolute atomic E-state index is 10.2. The van der Waals surface area contributed by atoms with Crippen LogP contribution in [0.15, 0.2) is 10.9 Å². The molecule has 1 heterocycles. The number of carbonyl (C=O) groups excluding carboxylic acids is 1. The molecule has 6 heteroatoms. The van der Waals surface area contributed by atoms with Gasteiger partial charge in [-0.25, -0.2) is 4.79 Å². The third-order valence-corrected chi connectivity index (χ3v) is 1.05. The summed E-state index contributed by atoms with van der Waals surface area (Å²) in [7, 11) is 0. The van der Waals surface area contributed by atoms with E-state index in [1.807, 2.05) is 0 Å². The fourth-order valence-corrected chi connectivity index (χ4v) is 0.600. The van der Waals surface area contributed by atoms with Crippen LogP contribution in [0.1, 0.15) is 5.82 Å². The topological polar surface area (TPSA) is 94.0 Å². The number of rotatable bonds is 3. The van der Waals surface area contributed by atoms with Crippen molar-refractivity contribution in [2.45, 2.75) is 6.42 Å². The van der Waals surface area contributed by atoms with Gasteiger partial charge in [-0.3, -0.25) is 0 Å². The molecule has 0 aliphatic carbocycles. The van der Waals surface area contributed by atoms with E-state index in [-0.39, 0.29) is 0 Å². The zero-order chi connectivity index (χ0) is 8.10. The number of nitrogens with two attached hydrogens (primary N) is 1. The minimum atomic E-state index is -0.548. The van der Waals surface area contributed by atoms with E-state index < -0.39 is 6.03 Å². The molecule has 0 spiro atoms. The maximum Gasteiger partial charge on any atom is 0.312 e. The molecule has 0 radical (unpaired) electrons. The van der Waals surface area contributed by atoms with E-state index in [0.29, 0.717) is 18.8 Å². The highest BCUT2D eigenvalue weighted by Crippen LogP contribution is 1.87. The van der Waals surface area contributed by atoms with Gasteiger partial charge in [0.05, 0.1) is 0 Å². The lowest BCUT2D eigenvalue weighted by Crippen LogP contribution is -2.31. The van der Waals surface area contributed by atoms with Gasteiger partial charge in [0, 0.05) is 13.0 Å². The van der Waals surface area contributed by atoms with E-state index in [1.165, 1.54) is 6.39 Å². The van der Waals surface area contributed by atoms with Gasteiger partial charge in [0.15, 0.2) is 5.82 Å². The molecule has 0 aliphatic heterocycles. The fraction of sp³-hybridized carbons (Fsp3) is 0.400. The van der Waals surface area contributed by atoms with Crippen LogP contribution in [0, 0.1) is 0 Å². The SMILES string of the molecule is NC(=O)NCCc1ncon1. The molecule has 0 atom stereocenters. The standard InChI is InChI=1S/C5H8N4O2/c6-5(10)7-2-1-4-8-3-11-9-4/h3H,1-2H2,(H3,6,7,10). The normalized spacial score (nSPS) is 9.45. The number of hydrogen-bond acceptors (Lipinski definition) is 4. The van der Waals surface area contributed by atoms with Crippen molar-refractivity contribution in [1.29, 1.82) is 0 Å². The molecule has 0 saturated carbocycles. The minimum absolute atomic E-state index is 0.425. The molecule has 60 valence electrons. The highest BCUT2D eigenvalue weighted by atomic mass is 16.5. The Kier molecular flexibility index (Phi) is 2.42. The lowest BCUT2D eigenvalue weighted by atomic mass is 10.4. The van der Waals surface area contributed by atoms with Gasteiger partial charge in [0.2, 0.25) is 6.39 Å². The second-order valence-corrected chi connectivity index (χ2v) is 1.89. The van der Waals surface area contributed by atoms with Gasteiger partial charge >= 0.3 is 6.03 Å². The Labute approximate surface area is 62.8 Å². The second kappa shape index (κ2) is 3.55. The number of amides is 2. The number of primary amides is 1. The van der Waals surface area contributed by atoms with Crippen molar-refractivity contribution in [3.63, 3.8) is 0 Å². The first kappa shape index (κ1) is 7.52. The Balaban J connectivity index is 2.19. The zero-order valence-electron chi connectivity index (χ0n) is 5.78. The molecular formula is C5H8N4O2. The molecule has 1 rings (SSSR count). The summed E-state index contributed by atoms with van der Waals surface area (Å²) >= 11 is 0. The maximum atomic E-state index is 10.2. The molecule has 3 N–H and O–H groups in total. The third-order valence-electron chi connectivity index (χ3n) is 1.05. The van der Waals surface area contributed by atoms with Gasteiger partial charge in [-0.05, 0) is 0 Å². The Morgan fingerprint density at radius 3 is 3.18 bits per heavy atom. The first-order valence-electron chi connectivity index (χ1n) is 3.07. The molecule has 0 saturated heterocycles. The van der Waals surface area contributed by atoms with Crippen molar-refractivity contribution >= 4 is 6.03 Å². The molecule has 0 aliphatic rings. The fourth-order valence-electron chi connectivity index (χ4n) is 0.600. The second-order valence-electron chi connectivity index (χ2n) is 1.89. The van der Waals surface area contributed by atoms with Crippen molar-refractivity contribution in [2.24, 2.45) is 5.73 Å². The Hall–Kier alpha value is -1.59. The van der Waals surface area contributed by atoms with Crippen molar-refractivity contribution in [1.82, 2.24) is 15.5 Å². The lowest BCUT2D eigenvalue weighted by molar-refractivity contribution is 0.249. The quantitative estimate of drug-likeness (QED) is 0.603.